The molecule has 1 atom stereocenters. The number of hydrogen-bond donors (Lipinski definition) is 1. The summed E-state index contributed by atoms with van der Waals surface area (Å²) >= 11 is 0. The van der Waals surface area contributed by atoms with E-state index in [1.807, 2.05) is 35.9 Å². The number of nitrogens with zero attached hydrogens (tertiary/aromatic N) is 5. The van der Waals surface area contributed by atoms with Gasteiger partial charge < -0.3 is 9.72 Å². The van der Waals surface area contributed by atoms with E-state index in [1.54, 1.807) is 0 Å². The highest BCUT2D eigenvalue weighted by molar-refractivity contribution is 5.80. The van der Waals surface area contributed by atoms with E-state index in [4.69, 9.17) is 4.74 Å². The van der Waals surface area contributed by atoms with E-state index in [0.717, 1.165) is 42.6 Å². The Balaban J connectivity index is 1.87. The smallest absolute Gasteiger partial charge is 0.253 e. The van der Waals surface area contributed by atoms with Crippen LogP contribution >= 0.6 is 0 Å². The second-order valence-corrected chi connectivity index (χ2v) is 9.48. The molecule has 8 heteroatoms. The number of fused-ring (bicyclic) bond motifs is 1. The zero-order valence-corrected chi connectivity index (χ0v) is 19.1. The van der Waals surface area contributed by atoms with Gasteiger partial charge in [-0.2, -0.15) is 0 Å². The van der Waals surface area contributed by atoms with Crippen molar-refractivity contribution in [1.29, 1.82) is 0 Å². The molecule has 3 heterocycles. The van der Waals surface area contributed by atoms with Crippen LogP contribution in [0.2, 0.25) is 0 Å². The molecule has 1 N–H and O–H groups in total. The molecule has 0 saturated carbocycles. The van der Waals surface area contributed by atoms with Crippen molar-refractivity contribution in [2.45, 2.75) is 59.0 Å². The molecule has 0 aliphatic carbocycles. The van der Waals surface area contributed by atoms with Gasteiger partial charge in [0.05, 0.1) is 12.1 Å². The molecule has 3 aromatic rings. The van der Waals surface area contributed by atoms with Gasteiger partial charge in [0.2, 0.25) is 0 Å². The lowest BCUT2D eigenvalue weighted by Crippen LogP contribution is -2.41. The quantitative estimate of drug-likeness (QED) is 0.674. The second kappa shape index (κ2) is 8.42. The predicted octanol–water partition coefficient (Wildman–Crippen LogP) is 3.49. The van der Waals surface area contributed by atoms with Crippen LogP contribution in [-0.2, 0) is 5.54 Å². The molecule has 1 aromatic carbocycles. The van der Waals surface area contributed by atoms with Crippen LogP contribution in [0.3, 0.4) is 0 Å². The van der Waals surface area contributed by atoms with Crippen LogP contribution in [0.5, 0.6) is 5.75 Å². The van der Waals surface area contributed by atoms with Crippen LogP contribution in [0, 0.1) is 5.92 Å². The van der Waals surface area contributed by atoms with E-state index in [2.05, 4.69) is 53.1 Å². The maximum atomic E-state index is 13.3. The number of hydrogen-bond acceptors (Lipinski definition) is 6. The van der Waals surface area contributed by atoms with E-state index < -0.39 is 0 Å². The SMILES string of the molecule is CCOc1ccc2[nH]c(=O)c([C@H](c3nnnn3C(C)(C)C)N3CCC(C)CC3)cc2c1. The van der Waals surface area contributed by atoms with Gasteiger partial charge in [0.15, 0.2) is 5.82 Å². The topological polar surface area (TPSA) is 88.9 Å². The van der Waals surface area contributed by atoms with Crippen molar-refractivity contribution in [2.75, 3.05) is 19.7 Å². The van der Waals surface area contributed by atoms with Crippen LogP contribution < -0.4 is 10.3 Å². The normalized spacial score (nSPS) is 17.2. The molecule has 166 valence electrons. The van der Waals surface area contributed by atoms with E-state index >= 15 is 0 Å². The molecule has 31 heavy (non-hydrogen) atoms. The van der Waals surface area contributed by atoms with Crippen molar-refractivity contribution < 1.29 is 4.74 Å². The van der Waals surface area contributed by atoms with Crippen molar-refractivity contribution in [1.82, 2.24) is 30.1 Å². The first-order chi connectivity index (χ1) is 14.8. The van der Waals surface area contributed by atoms with Crippen molar-refractivity contribution in [3.05, 3.63) is 46.0 Å². The number of aromatic nitrogens is 5. The van der Waals surface area contributed by atoms with Gasteiger partial charge in [-0.15, -0.1) is 5.10 Å². The summed E-state index contributed by atoms with van der Waals surface area (Å²) in [5.41, 5.74) is 1.05. The summed E-state index contributed by atoms with van der Waals surface area (Å²) in [4.78, 5) is 18.7. The minimum absolute atomic E-state index is 0.108. The fourth-order valence-electron chi connectivity index (χ4n) is 4.29. The number of nitrogens with one attached hydrogen (secondary N) is 1. The molecule has 0 bridgehead atoms. The van der Waals surface area contributed by atoms with E-state index in [1.165, 1.54) is 0 Å². The van der Waals surface area contributed by atoms with E-state index in [-0.39, 0.29) is 17.1 Å². The van der Waals surface area contributed by atoms with Gasteiger partial charge >= 0.3 is 0 Å². The third kappa shape index (κ3) is 4.35. The molecule has 1 aliphatic heterocycles. The lowest BCUT2D eigenvalue weighted by Gasteiger charge is -2.36. The lowest BCUT2D eigenvalue weighted by molar-refractivity contribution is 0.144. The molecule has 1 fully saturated rings. The summed E-state index contributed by atoms with van der Waals surface area (Å²) in [7, 11) is 0. The van der Waals surface area contributed by atoms with Crippen molar-refractivity contribution in [2.24, 2.45) is 5.92 Å². The van der Waals surface area contributed by atoms with Crippen LogP contribution in [0.15, 0.2) is 29.1 Å². The molecule has 0 radical (unpaired) electrons. The third-order valence-corrected chi connectivity index (χ3v) is 6.01. The first-order valence-corrected chi connectivity index (χ1v) is 11.1. The Morgan fingerprint density at radius 1 is 1.23 bits per heavy atom. The number of likely N-dealkylation sites (tertiary alicyclic amines) is 1. The first-order valence-electron chi connectivity index (χ1n) is 11.1. The fraction of sp³-hybridized carbons (Fsp3) is 0.565. The molecular weight excluding hydrogens is 392 g/mol. The van der Waals surface area contributed by atoms with Gasteiger partial charge in [-0.1, -0.05) is 6.92 Å². The molecular formula is C23H32N6O2. The number of benzene rings is 1. The number of ether oxygens (including phenoxy) is 1. The summed E-state index contributed by atoms with van der Waals surface area (Å²) in [6.45, 7) is 12.9. The van der Waals surface area contributed by atoms with Crippen LogP contribution in [-0.4, -0.2) is 49.8 Å². The Hall–Kier alpha value is -2.74. The highest BCUT2D eigenvalue weighted by Crippen LogP contribution is 2.32. The van der Waals surface area contributed by atoms with Gasteiger partial charge in [-0.25, -0.2) is 4.68 Å². The van der Waals surface area contributed by atoms with Crippen molar-refractivity contribution in [3.8, 4) is 5.75 Å². The Labute approximate surface area is 182 Å². The van der Waals surface area contributed by atoms with Gasteiger partial charge in [0.1, 0.15) is 11.8 Å². The molecule has 1 saturated heterocycles. The van der Waals surface area contributed by atoms with Gasteiger partial charge in [0, 0.05) is 16.5 Å². The minimum Gasteiger partial charge on any atom is -0.494 e. The lowest BCUT2D eigenvalue weighted by atomic mass is 9.95. The Kier molecular flexibility index (Phi) is 5.83. The molecule has 1 aliphatic rings. The van der Waals surface area contributed by atoms with Crippen LogP contribution in [0.1, 0.15) is 64.9 Å². The van der Waals surface area contributed by atoms with E-state index in [0.29, 0.717) is 23.9 Å². The van der Waals surface area contributed by atoms with Gasteiger partial charge in [-0.05, 0) is 94.2 Å². The van der Waals surface area contributed by atoms with Gasteiger partial charge in [-0.3, -0.25) is 9.69 Å². The minimum atomic E-state index is -0.314. The largest absolute Gasteiger partial charge is 0.494 e. The number of aromatic amines is 1. The number of tetrazole rings is 1. The first kappa shape index (κ1) is 21.5. The summed E-state index contributed by atoms with van der Waals surface area (Å²) in [5, 5.41) is 13.6. The number of piperidine rings is 1. The summed E-state index contributed by atoms with van der Waals surface area (Å²) in [6.07, 6.45) is 2.18. The molecule has 0 amide bonds. The Morgan fingerprint density at radius 3 is 2.65 bits per heavy atom. The second-order valence-electron chi connectivity index (χ2n) is 9.48. The van der Waals surface area contributed by atoms with Crippen molar-refractivity contribution in [3.63, 3.8) is 0 Å². The Morgan fingerprint density at radius 2 is 1.97 bits per heavy atom. The fourth-order valence-corrected chi connectivity index (χ4v) is 4.29. The average Bonchev–Trinajstić information content (AvgIpc) is 3.20. The number of H-pyrrole nitrogens is 1. The zero-order valence-electron chi connectivity index (χ0n) is 19.1. The molecule has 8 nitrogen and oxygen atoms in total. The summed E-state index contributed by atoms with van der Waals surface area (Å²) in [6, 6.07) is 7.40. The molecule has 0 unspecified atom stereocenters. The zero-order chi connectivity index (χ0) is 22.2. The number of pyridine rings is 1. The maximum absolute atomic E-state index is 13.3. The molecule has 0 spiro atoms. The average molecular weight is 425 g/mol. The van der Waals surface area contributed by atoms with E-state index in [9.17, 15) is 4.79 Å². The highest BCUT2D eigenvalue weighted by atomic mass is 16.5. The predicted molar refractivity (Wildman–Crippen MR) is 120 cm³/mol. The third-order valence-electron chi connectivity index (χ3n) is 6.01. The van der Waals surface area contributed by atoms with Crippen LogP contribution in [0.25, 0.3) is 10.9 Å². The van der Waals surface area contributed by atoms with Gasteiger partial charge in [0.25, 0.3) is 5.56 Å². The monoisotopic (exact) mass is 424 g/mol. The van der Waals surface area contributed by atoms with Crippen molar-refractivity contribution >= 4 is 10.9 Å². The molecule has 2 aromatic heterocycles. The maximum Gasteiger partial charge on any atom is 0.253 e. The highest BCUT2D eigenvalue weighted by Gasteiger charge is 2.34. The summed E-state index contributed by atoms with van der Waals surface area (Å²) in [5.74, 6) is 2.17. The number of rotatable bonds is 5. The summed E-state index contributed by atoms with van der Waals surface area (Å²) < 4.78 is 7.51. The Bertz CT molecular complexity index is 1110. The standard InChI is InChI=1S/C23H32N6O2/c1-6-31-17-7-8-19-16(13-17)14-18(22(30)24-19)20(28-11-9-15(2)10-12-28)21-25-26-27-29(21)23(3,4)5/h7-8,13-15,20H,6,9-12H2,1-5H3,(H,24,30)/t20-/m1/s1. The molecule has 4 rings (SSSR count). The van der Waals surface area contributed by atoms with Crippen LogP contribution in [0.4, 0.5) is 0 Å².